The Kier molecular flexibility index (Phi) is 5.02. The molecule has 1 saturated carbocycles. The molecule has 2 fully saturated rings. The van der Waals surface area contributed by atoms with Crippen LogP contribution < -0.4 is 5.73 Å². The first-order valence-electron chi connectivity index (χ1n) is 8.12. The molecule has 0 radical (unpaired) electrons. The third-order valence-corrected chi connectivity index (χ3v) is 5.69. The second-order valence-electron chi connectivity index (χ2n) is 6.48. The zero-order valence-electron chi connectivity index (χ0n) is 13.1. The molecule has 1 aliphatic carbocycles. The van der Waals surface area contributed by atoms with E-state index >= 15 is 0 Å². The van der Waals surface area contributed by atoms with Gasteiger partial charge in [-0.2, -0.15) is 0 Å². The molecule has 2 N–H and O–H groups in total. The van der Waals surface area contributed by atoms with Crippen molar-refractivity contribution >= 4 is 29.0 Å². The SMILES string of the molecule is CCC1(CC)CC(=O)N(C(C(N)=S)C2CCCCC2)C1=O. The van der Waals surface area contributed by atoms with Crippen LogP contribution in [0.3, 0.4) is 0 Å². The van der Waals surface area contributed by atoms with Crippen molar-refractivity contribution in [3.8, 4) is 0 Å². The molecule has 0 aromatic heterocycles. The molecule has 4 nitrogen and oxygen atoms in total. The average molecular weight is 310 g/mol. The van der Waals surface area contributed by atoms with E-state index < -0.39 is 5.41 Å². The van der Waals surface area contributed by atoms with Crippen LogP contribution in [0.2, 0.25) is 0 Å². The van der Waals surface area contributed by atoms with E-state index in [-0.39, 0.29) is 23.8 Å². The van der Waals surface area contributed by atoms with E-state index in [1.807, 2.05) is 13.8 Å². The Morgan fingerprint density at radius 1 is 1.29 bits per heavy atom. The van der Waals surface area contributed by atoms with Crippen LogP contribution in [-0.4, -0.2) is 27.7 Å². The summed E-state index contributed by atoms with van der Waals surface area (Å²) in [6, 6.07) is -0.375. The normalized spacial score (nSPS) is 24.4. The van der Waals surface area contributed by atoms with Crippen molar-refractivity contribution in [2.45, 2.75) is 71.3 Å². The van der Waals surface area contributed by atoms with Gasteiger partial charge in [0.15, 0.2) is 0 Å². The first-order chi connectivity index (χ1) is 9.96. The van der Waals surface area contributed by atoms with Gasteiger partial charge in [-0.15, -0.1) is 0 Å². The molecule has 0 spiro atoms. The van der Waals surface area contributed by atoms with Crippen LogP contribution in [0.25, 0.3) is 0 Å². The number of imide groups is 1. The van der Waals surface area contributed by atoms with Crippen LogP contribution >= 0.6 is 12.2 Å². The largest absolute Gasteiger partial charge is 0.392 e. The Balaban J connectivity index is 2.30. The van der Waals surface area contributed by atoms with E-state index in [1.165, 1.54) is 11.3 Å². The molecule has 5 heteroatoms. The predicted molar refractivity (Wildman–Crippen MR) is 86.6 cm³/mol. The van der Waals surface area contributed by atoms with Gasteiger partial charge in [-0.3, -0.25) is 14.5 Å². The van der Waals surface area contributed by atoms with Gasteiger partial charge >= 0.3 is 0 Å². The van der Waals surface area contributed by atoms with Crippen molar-refractivity contribution in [3.05, 3.63) is 0 Å². The summed E-state index contributed by atoms with van der Waals surface area (Å²) in [4.78, 5) is 27.1. The van der Waals surface area contributed by atoms with Gasteiger partial charge in [0.1, 0.15) is 0 Å². The fourth-order valence-corrected chi connectivity index (χ4v) is 4.22. The first kappa shape index (κ1) is 16.4. The summed E-state index contributed by atoms with van der Waals surface area (Å²) in [5.74, 6) is 0.0987. The number of hydrogen-bond donors (Lipinski definition) is 1. The molecule has 1 aliphatic heterocycles. The van der Waals surface area contributed by atoms with Crippen LogP contribution in [0.15, 0.2) is 0 Å². The number of hydrogen-bond acceptors (Lipinski definition) is 3. The van der Waals surface area contributed by atoms with Gasteiger partial charge in [-0.05, 0) is 31.6 Å². The standard InChI is InChI=1S/C16H26N2O2S/c1-3-16(4-2)10-12(19)18(15(16)20)13(14(17)21)11-8-6-5-7-9-11/h11,13H,3-10H2,1-2H3,(H2,17,21). The molecule has 2 rings (SSSR count). The molecule has 2 aliphatic rings. The number of nitrogens with two attached hydrogens (primary N) is 1. The predicted octanol–water partition coefficient (Wildman–Crippen LogP) is 2.79. The third-order valence-electron chi connectivity index (χ3n) is 5.45. The Hall–Kier alpha value is -0.970. The third kappa shape index (κ3) is 2.85. The molecular formula is C16H26N2O2S. The maximum absolute atomic E-state index is 12.9. The van der Waals surface area contributed by atoms with Crippen LogP contribution in [0.4, 0.5) is 0 Å². The van der Waals surface area contributed by atoms with Gasteiger partial charge in [-0.1, -0.05) is 45.3 Å². The lowest BCUT2D eigenvalue weighted by Gasteiger charge is -2.36. The number of likely N-dealkylation sites (tertiary alicyclic amines) is 1. The van der Waals surface area contributed by atoms with E-state index in [1.54, 1.807) is 0 Å². The highest BCUT2D eigenvalue weighted by molar-refractivity contribution is 7.80. The monoisotopic (exact) mass is 310 g/mol. The highest BCUT2D eigenvalue weighted by Crippen LogP contribution is 2.42. The maximum Gasteiger partial charge on any atom is 0.236 e. The Labute approximate surface area is 132 Å². The summed E-state index contributed by atoms with van der Waals surface area (Å²) in [6.07, 6.45) is 7.19. The summed E-state index contributed by atoms with van der Waals surface area (Å²) in [5, 5.41) is 0. The van der Waals surface area contributed by atoms with E-state index in [0.717, 1.165) is 25.7 Å². The lowest BCUT2D eigenvalue weighted by molar-refractivity contribution is -0.144. The van der Waals surface area contributed by atoms with Crippen molar-refractivity contribution in [2.24, 2.45) is 17.1 Å². The van der Waals surface area contributed by atoms with Crippen LogP contribution in [0, 0.1) is 11.3 Å². The highest BCUT2D eigenvalue weighted by atomic mass is 32.1. The van der Waals surface area contributed by atoms with Crippen molar-refractivity contribution in [1.29, 1.82) is 0 Å². The Morgan fingerprint density at radius 3 is 2.29 bits per heavy atom. The van der Waals surface area contributed by atoms with Crippen molar-refractivity contribution < 1.29 is 9.59 Å². The maximum atomic E-state index is 12.9. The van der Waals surface area contributed by atoms with E-state index in [2.05, 4.69) is 0 Å². The van der Waals surface area contributed by atoms with Gasteiger partial charge in [-0.25, -0.2) is 0 Å². The molecule has 1 unspecified atom stereocenters. The number of carbonyl (C=O) groups is 2. The zero-order valence-corrected chi connectivity index (χ0v) is 13.9. The summed E-state index contributed by atoms with van der Waals surface area (Å²) in [5.41, 5.74) is 5.40. The average Bonchev–Trinajstić information content (AvgIpc) is 2.73. The summed E-state index contributed by atoms with van der Waals surface area (Å²) in [7, 11) is 0. The molecule has 0 aromatic rings. The fraction of sp³-hybridized carbons (Fsp3) is 0.812. The molecule has 118 valence electrons. The molecular weight excluding hydrogens is 284 g/mol. The van der Waals surface area contributed by atoms with E-state index in [4.69, 9.17) is 18.0 Å². The Morgan fingerprint density at radius 2 is 1.86 bits per heavy atom. The topological polar surface area (TPSA) is 63.4 Å². The minimum absolute atomic E-state index is 0.0547. The Bertz CT molecular complexity index is 440. The first-order valence-corrected chi connectivity index (χ1v) is 8.53. The summed E-state index contributed by atoms with van der Waals surface area (Å²) < 4.78 is 0. The second-order valence-corrected chi connectivity index (χ2v) is 6.95. The number of nitrogens with zero attached hydrogens (tertiary/aromatic N) is 1. The van der Waals surface area contributed by atoms with E-state index in [0.29, 0.717) is 24.3 Å². The van der Waals surface area contributed by atoms with Crippen molar-refractivity contribution in [3.63, 3.8) is 0 Å². The quantitative estimate of drug-likeness (QED) is 0.626. The molecule has 1 saturated heterocycles. The molecule has 0 aromatic carbocycles. The molecule has 1 heterocycles. The van der Waals surface area contributed by atoms with Gasteiger partial charge in [0.25, 0.3) is 0 Å². The smallest absolute Gasteiger partial charge is 0.236 e. The lowest BCUT2D eigenvalue weighted by Crippen LogP contribution is -2.52. The zero-order chi connectivity index (χ0) is 15.6. The van der Waals surface area contributed by atoms with Gasteiger partial charge < -0.3 is 5.73 Å². The van der Waals surface area contributed by atoms with Gasteiger partial charge in [0, 0.05) is 6.42 Å². The minimum atomic E-state index is -0.533. The molecule has 2 amide bonds. The molecule has 0 bridgehead atoms. The van der Waals surface area contributed by atoms with Gasteiger partial charge in [0.05, 0.1) is 16.4 Å². The number of thiocarbonyl (C=S) groups is 1. The summed E-state index contributed by atoms with van der Waals surface area (Å²) in [6.45, 7) is 3.96. The number of amides is 2. The second kappa shape index (κ2) is 6.42. The number of carbonyl (C=O) groups excluding carboxylic acids is 2. The van der Waals surface area contributed by atoms with Crippen molar-refractivity contribution in [1.82, 2.24) is 4.90 Å². The lowest BCUT2D eigenvalue weighted by atomic mass is 9.80. The highest BCUT2D eigenvalue weighted by Gasteiger charge is 2.53. The molecule has 21 heavy (non-hydrogen) atoms. The van der Waals surface area contributed by atoms with Crippen LogP contribution in [-0.2, 0) is 9.59 Å². The van der Waals surface area contributed by atoms with Crippen molar-refractivity contribution in [2.75, 3.05) is 0 Å². The number of rotatable bonds is 5. The van der Waals surface area contributed by atoms with E-state index in [9.17, 15) is 9.59 Å². The summed E-state index contributed by atoms with van der Waals surface area (Å²) >= 11 is 5.22. The molecule has 1 atom stereocenters. The van der Waals surface area contributed by atoms with Crippen LogP contribution in [0.1, 0.15) is 65.2 Å². The van der Waals surface area contributed by atoms with Gasteiger partial charge in [0.2, 0.25) is 11.8 Å². The van der Waals surface area contributed by atoms with Crippen LogP contribution in [0.5, 0.6) is 0 Å². The minimum Gasteiger partial charge on any atom is -0.392 e. The fourth-order valence-electron chi connectivity index (χ4n) is 3.92.